The lowest BCUT2D eigenvalue weighted by molar-refractivity contribution is 1.23. The van der Waals surface area contributed by atoms with Gasteiger partial charge in [-0.25, -0.2) is 0 Å². The minimum Gasteiger partial charge on any atom is -0.355 e. The number of anilines is 1. The second-order valence-electron chi connectivity index (χ2n) is 5.36. The molecule has 0 spiro atoms. The molecule has 1 aliphatic heterocycles. The summed E-state index contributed by atoms with van der Waals surface area (Å²) in [5, 5.41) is 3.41. The van der Waals surface area contributed by atoms with Gasteiger partial charge in [0.1, 0.15) is 0 Å². The predicted molar refractivity (Wildman–Crippen MR) is 87.5 cm³/mol. The molecule has 1 N–H and O–H groups in total. The molecule has 0 fully saturated rings. The summed E-state index contributed by atoms with van der Waals surface area (Å²) < 4.78 is 0. The van der Waals surface area contributed by atoms with Gasteiger partial charge in [-0.15, -0.1) is 0 Å². The molecule has 2 aliphatic rings. The molecule has 1 heteroatoms. The number of nitrogens with one attached hydrogen (secondary N) is 1. The van der Waals surface area contributed by atoms with Crippen LogP contribution in [0.1, 0.15) is 24.5 Å². The molecular weight excluding hydrogens is 242 g/mol. The van der Waals surface area contributed by atoms with Crippen LogP contribution >= 0.6 is 0 Å². The average Bonchev–Trinajstić information content (AvgIpc) is 2.70. The molecule has 0 saturated carbocycles. The maximum Gasteiger partial charge on any atom is 0.0464 e. The maximum atomic E-state index is 4.15. The van der Waals surface area contributed by atoms with Crippen LogP contribution < -0.4 is 5.32 Å². The highest BCUT2D eigenvalue weighted by atomic mass is 14.9. The van der Waals surface area contributed by atoms with Crippen molar-refractivity contribution >= 4 is 11.3 Å². The zero-order valence-electron chi connectivity index (χ0n) is 12.0. The number of allylic oxidation sites excluding steroid dienone is 8. The van der Waals surface area contributed by atoms with Gasteiger partial charge < -0.3 is 5.32 Å². The molecule has 20 heavy (non-hydrogen) atoms. The van der Waals surface area contributed by atoms with Crippen molar-refractivity contribution in [2.75, 3.05) is 5.32 Å². The Morgan fingerprint density at radius 3 is 2.80 bits per heavy atom. The lowest BCUT2D eigenvalue weighted by Gasteiger charge is -2.26. The molecule has 0 atom stereocenters. The first-order valence-electron chi connectivity index (χ1n) is 6.98. The molecule has 0 radical (unpaired) electrons. The van der Waals surface area contributed by atoms with Crippen LogP contribution in [-0.4, -0.2) is 0 Å². The molecule has 1 aliphatic carbocycles. The van der Waals surface area contributed by atoms with E-state index in [0.29, 0.717) is 0 Å². The normalized spacial score (nSPS) is 17.5. The van der Waals surface area contributed by atoms with E-state index in [9.17, 15) is 0 Å². The van der Waals surface area contributed by atoms with Gasteiger partial charge in [0.15, 0.2) is 0 Å². The van der Waals surface area contributed by atoms with Gasteiger partial charge in [0.25, 0.3) is 0 Å². The quantitative estimate of drug-likeness (QED) is 0.737. The summed E-state index contributed by atoms with van der Waals surface area (Å²) >= 11 is 0. The van der Waals surface area contributed by atoms with E-state index >= 15 is 0 Å². The topological polar surface area (TPSA) is 12.0 Å². The van der Waals surface area contributed by atoms with Gasteiger partial charge in [-0.1, -0.05) is 48.6 Å². The first-order valence-corrected chi connectivity index (χ1v) is 6.98. The van der Waals surface area contributed by atoms with Gasteiger partial charge in [-0.05, 0) is 49.1 Å². The van der Waals surface area contributed by atoms with Gasteiger partial charge in [-0.2, -0.15) is 0 Å². The molecule has 0 aromatic heterocycles. The first kappa shape index (κ1) is 12.7. The maximum absolute atomic E-state index is 4.15. The fraction of sp³-hybridized carbons (Fsp3) is 0.158. The minimum atomic E-state index is 0.959. The smallest absolute Gasteiger partial charge is 0.0464 e. The van der Waals surface area contributed by atoms with Crippen molar-refractivity contribution in [3.8, 4) is 0 Å². The zero-order chi connectivity index (χ0) is 14.1. The molecule has 100 valence electrons. The number of fused-ring (bicyclic) bond motifs is 1. The molecule has 3 rings (SSSR count). The molecular formula is C19H19N. The number of aryl methyl sites for hydroxylation is 1. The van der Waals surface area contributed by atoms with E-state index < -0.39 is 0 Å². The molecule has 0 bridgehead atoms. The molecule has 1 heterocycles. The summed E-state index contributed by atoms with van der Waals surface area (Å²) in [6.45, 7) is 8.44. The van der Waals surface area contributed by atoms with E-state index in [4.69, 9.17) is 0 Å². The second-order valence-corrected chi connectivity index (χ2v) is 5.36. The monoisotopic (exact) mass is 261 g/mol. The molecule has 0 saturated heterocycles. The fourth-order valence-electron chi connectivity index (χ4n) is 2.76. The van der Waals surface area contributed by atoms with Gasteiger partial charge in [0.2, 0.25) is 0 Å². The summed E-state index contributed by atoms with van der Waals surface area (Å²) in [7, 11) is 0. The summed E-state index contributed by atoms with van der Waals surface area (Å²) in [5.74, 6) is 0. The number of hydrogen-bond donors (Lipinski definition) is 1. The minimum absolute atomic E-state index is 0.959. The molecule has 0 amide bonds. The largest absolute Gasteiger partial charge is 0.355 e. The van der Waals surface area contributed by atoms with Crippen molar-refractivity contribution in [3.63, 3.8) is 0 Å². The highest BCUT2D eigenvalue weighted by molar-refractivity contribution is 5.93. The third-order valence-corrected chi connectivity index (χ3v) is 3.87. The average molecular weight is 261 g/mol. The molecule has 0 unspecified atom stereocenters. The number of hydrogen-bond acceptors (Lipinski definition) is 1. The molecule has 1 aromatic rings. The Labute approximate surface area is 120 Å². The van der Waals surface area contributed by atoms with Crippen LogP contribution in [0, 0.1) is 6.92 Å². The van der Waals surface area contributed by atoms with Crippen molar-refractivity contribution in [1.82, 2.24) is 0 Å². The lowest BCUT2D eigenvalue weighted by Crippen LogP contribution is -2.11. The highest BCUT2D eigenvalue weighted by Gasteiger charge is 2.21. The van der Waals surface area contributed by atoms with Crippen molar-refractivity contribution in [2.45, 2.75) is 20.3 Å². The highest BCUT2D eigenvalue weighted by Crippen LogP contribution is 2.40. The third kappa shape index (κ3) is 2.16. The number of benzene rings is 1. The third-order valence-electron chi connectivity index (χ3n) is 3.87. The van der Waals surface area contributed by atoms with Gasteiger partial charge >= 0.3 is 0 Å². The van der Waals surface area contributed by atoms with Crippen LogP contribution in [0.5, 0.6) is 0 Å². The Balaban J connectivity index is 2.21. The van der Waals surface area contributed by atoms with Crippen LogP contribution in [-0.2, 0) is 0 Å². The zero-order valence-corrected chi connectivity index (χ0v) is 12.0. The summed E-state index contributed by atoms with van der Waals surface area (Å²) in [4.78, 5) is 0. The summed E-state index contributed by atoms with van der Waals surface area (Å²) in [5.41, 5.74) is 8.62. The Bertz CT molecular complexity index is 696. The second kappa shape index (κ2) is 5.01. The van der Waals surface area contributed by atoms with E-state index in [1.165, 1.54) is 27.8 Å². The van der Waals surface area contributed by atoms with Crippen molar-refractivity contribution in [3.05, 3.63) is 83.1 Å². The standard InChI is InChI=1S/C19H19N/c1-13-10-11-18-17(12-13)19(14(2)15(3)20-18)16-8-6-4-5-7-9-16/h4-8,10-12,20H,3,9H2,1-2H3. The van der Waals surface area contributed by atoms with Crippen LogP contribution in [0.25, 0.3) is 5.57 Å². The molecule has 1 nitrogen and oxygen atoms in total. The van der Waals surface area contributed by atoms with E-state index in [2.05, 4.69) is 74.3 Å². The van der Waals surface area contributed by atoms with E-state index in [-0.39, 0.29) is 0 Å². The number of rotatable bonds is 1. The first-order chi connectivity index (χ1) is 9.66. The van der Waals surface area contributed by atoms with Crippen molar-refractivity contribution in [2.24, 2.45) is 0 Å². The van der Waals surface area contributed by atoms with Gasteiger partial charge in [0.05, 0.1) is 0 Å². The van der Waals surface area contributed by atoms with E-state index in [1.54, 1.807) is 0 Å². The van der Waals surface area contributed by atoms with Crippen LogP contribution in [0.15, 0.2) is 72.0 Å². The Hall–Kier alpha value is -2.28. The Morgan fingerprint density at radius 1 is 1.10 bits per heavy atom. The van der Waals surface area contributed by atoms with Gasteiger partial charge in [-0.3, -0.25) is 0 Å². The van der Waals surface area contributed by atoms with E-state index in [1.807, 2.05) is 0 Å². The van der Waals surface area contributed by atoms with Gasteiger partial charge in [0, 0.05) is 16.9 Å². The molecule has 1 aromatic carbocycles. The van der Waals surface area contributed by atoms with Crippen LogP contribution in [0.2, 0.25) is 0 Å². The van der Waals surface area contributed by atoms with Crippen molar-refractivity contribution in [1.29, 1.82) is 0 Å². The van der Waals surface area contributed by atoms with Crippen molar-refractivity contribution < 1.29 is 0 Å². The summed E-state index contributed by atoms with van der Waals surface area (Å²) in [6, 6.07) is 6.54. The Kier molecular flexibility index (Phi) is 3.19. The predicted octanol–water partition coefficient (Wildman–Crippen LogP) is 5.15. The summed E-state index contributed by atoms with van der Waals surface area (Å²) in [6.07, 6.45) is 11.7. The lowest BCUT2D eigenvalue weighted by atomic mass is 9.86. The van der Waals surface area contributed by atoms with E-state index in [0.717, 1.165) is 17.8 Å². The van der Waals surface area contributed by atoms with Crippen LogP contribution in [0.3, 0.4) is 0 Å². The fourth-order valence-corrected chi connectivity index (χ4v) is 2.76. The Morgan fingerprint density at radius 2 is 1.95 bits per heavy atom. The SMILES string of the molecule is C=C1Nc2ccc(C)cc2C(C2=CC=CC=CC2)=C1C. The van der Waals surface area contributed by atoms with Crippen LogP contribution in [0.4, 0.5) is 5.69 Å².